The Morgan fingerprint density at radius 2 is 1.74 bits per heavy atom. The van der Waals surface area contributed by atoms with Gasteiger partial charge in [-0.2, -0.15) is 0 Å². The van der Waals surface area contributed by atoms with Crippen LogP contribution in [0.5, 0.6) is 5.75 Å². The van der Waals surface area contributed by atoms with E-state index >= 15 is 0 Å². The summed E-state index contributed by atoms with van der Waals surface area (Å²) >= 11 is 0. The number of carbonyl (C=O) groups is 2. The third kappa shape index (κ3) is 5.34. The Labute approximate surface area is 153 Å². The van der Waals surface area contributed by atoms with Gasteiger partial charge < -0.3 is 14.8 Å². The molecule has 142 valence electrons. The van der Waals surface area contributed by atoms with Crippen molar-refractivity contribution >= 4 is 23.6 Å². The second-order valence-corrected chi connectivity index (χ2v) is 5.39. The smallest absolute Gasteiger partial charge is 0.331 e. The van der Waals surface area contributed by atoms with E-state index in [1.54, 1.807) is 0 Å². The Bertz CT molecular complexity index is 863. The fourth-order valence-corrected chi connectivity index (χ4v) is 2.06. The van der Waals surface area contributed by atoms with Crippen LogP contribution in [-0.4, -0.2) is 25.1 Å². The van der Waals surface area contributed by atoms with E-state index in [1.165, 1.54) is 32.2 Å². The number of hydrogen-bond acceptors (Lipinski definition) is 4. The quantitative estimate of drug-likeness (QED) is 0.614. The minimum atomic E-state index is -1.31. The number of para-hydroxylation sites is 1. The van der Waals surface area contributed by atoms with Gasteiger partial charge in [0.2, 0.25) is 0 Å². The molecule has 0 saturated carbocycles. The lowest BCUT2D eigenvalue weighted by Gasteiger charge is -2.13. The Balaban J connectivity index is 1.96. The maximum absolute atomic E-state index is 13.6. The number of ether oxygens (including phenoxy) is 2. The van der Waals surface area contributed by atoms with Gasteiger partial charge in [0.15, 0.2) is 17.7 Å². The van der Waals surface area contributed by atoms with E-state index in [2.05, 4.69) is 0 Å². The fraction of sp³-hybridized carbons (Fsp3) is 0.158. The monoisotopic (exact) mass is 379 g/mol. The number of halogens is 3. The van der Waals surface area contributed by atoms with Crippen LogP contribution >= 0.6 is 0 Å². The molecular formula is C19H16F3NO4. The van der Waals surface area contributed by atoms with Gasteiger partial charge in [-0.05, 0) is 42.8 Å². The summed E-state index contributed by atoms with van der Waals surface area (Å²) < 4.78 is 50.3. The summed E-state index contributed by atoms with van der Waals surface area (Å²) in [4.78, 5) is 23.7. The highest BCUT2D eigenvalue weighted by Crippen LogP contribution is 2.19. The summed E-state index contributed by atoms with van der Waals surface area (Å²) in [5, 5.41) is 2.02. The van der Waals surface area contributed by atoms with Gasteiger partial charge in [-0.1, -0.05) is 12.1 Å². The molecule has 2 rings (SSSR count). The Kier molecular flexibility index (Phi) is 6.59. The van der Waals surface area contributed by atoms with Crippen molar-refractivity contribution in [2.75, 3.05) is 12.4 Å². The number of methoxy groups -OCH3 is 1. The van der Waals surface area contributed by atoms with E-state index in [-0.39, 0.29) is 5.75 Å². The summed E-state index contributed by atoms with van der Waals surface area (Å²) in [6, 6.07) is 7.16. The van der Waals surface area contributed by atoms with Crippen molar-refractivity contribution < 1.29 is 32.2 Å². The topological polar surface area (TPSA) is 64.6 Å². The van der Waals surface area contributed by atoms with E-state index in [0.717, 1.165) is 30.3 Å². The van der Waals surface area contributed by atoms with Crippen molar-refractivity contribution in [3.8, 4) is 5.75 Å². The predicted molar refractivity (Wildman–Crippen MR) is 92.5 cm³/mol. The largest absolute Gasteiger partial charge is 0.494 e. The molecular weight excluding hydrogens is 363 g/mol. The molecule has 1 N–H and O–H groups in total. The van der Waals surface area contributed by atoms with Crippen molar-refractivity contribution in [3.63, 3.8) is 0 Å². The van der Waals surface area contributed by atoms with Crippen LogP contribution in [0.2, 0.25) is 0 Å². The molecule has 0 bridgehead atoms. The van der Waals surface area contributed by atoms with E-state index in [9.17, 15) is 22.8 Å². The maximum Gasteiger partial charge on any atom is 0.331 e. The molecule has 5 nitrogen and oxygen atoms in total. The van der Waals surface area contributed by atoms with Gasteiger partial charge in [0.25, 0.3) is 5.91 Å². The molecule has 1 atom stereocenters. The van der Waals surface area contributed by atoms with Crippen LogP contribution in [0.1, 0.15) is 12.5 Å². The van der Waals surface area contributed by atoms with E-state index in [1.807, 2.05) is 5.32 Å². The van der Waals surface area contributed by atoms with Gasteiger partial charge in [0.1, 0.15) is 17.3 Å². The summed E-state index contributed by atoms with van der Waals surface area (Å²) in [6.45, 7) is 1.24. The van der Waals surface area contributed by atoms with Crippen LogP contribution in [-0.2, 0) is 14.3 Å². The zero-order valence-corrected chi connectivity index (χ0v) is 14.5. The number of hydrogen-bond donors (Lipinski definition) is 1. The lowest BCUT2D eigenvalue weighted by molar-refractivity contribution is -0.148. The van der Waals surface area contributed by atoms with Crippen LogP contribution in [0.4, 0.5) is 18.9 Å². The van der Waals surface area contributed by atoms with Gasteiger partial charge in [-0.3, -0.25) is 4.79 Å². The summed E-state index contributed by atoms with van der Waals surface area (Å²) in [5.41, 5.74) is -0.259. The zero-order valence-electron chi connectivity index (χ0n) is 14.5. The lowest BCUT2D eigenvalue weighted by Crippen LogP contribution is -2.30. The summed E-state index contributed by atoms with van der Waals surface area (Å²) in [5.74, 6) is -4.25. The number of carbonyl (C=O) groups excluding carboxylic acids is 2. The molecule has 0 fully saturated rings. The molecule has 0 aliphatic rings. The fourth-order valence-electron chi connectivity index (χ4n) is 2.06. The first-order chi connectivity index (χ1) is 12.8. The number of nitrogens with one attached hydrogen (secondary N) is 1. The summed E-state index contributed by atoms with van der Waals surface area (Å²) in [6.07, 6.45) is 0.967. The van der Waals surface area contributed by atoms with Gasteiger partial charge in [0, 0.05) is 6.08 Å². The molecule has 0 aromatic heterocycles. The van der Waals surface area contributed by atoms with E-state index in [0.29, 0.717) is 5.56 Å². The van der Waals surface area contributed by atoms with Crippen LogP contribution in [0.25, 0.3) is 6.08 Å². The zero-order chi connectivity index (χ0) is 20.0. The van der Waals surface area contributed by atoms with Crippen LogP contribution in [0, 0.1) is 17.5 Å². The average molecular weight is 379 g/mol. The number of amides is 1. The molecule has 8 heteroatoms. The molecule has 0 unspecified atom stereocenters. The first-order valence-electron chi connectivity index (χ1n) is 7.79. The third-order valence-electron chi connectivity index (χ3n) is 3.46. The van der Waals surface area contributed by atoms with Crippen molar-refractivity contribution in [1.29, 1.82) is 0 Å². The second-order valence-electron chi connectivity index (χ2n) is 5.39. The maximum atomic E-state index is 13.6. The van der Waals surface area contributed by atoms with Crippen LogP contribution in [0.3, 0.4) is 0 Å². The molecule has 0 heterocycles. The second kappa shape index (κ2) is 8.88. The van der Waals surface area contributed by atoms with Crippen molar-refractivity contribution in [3.05, 3.63) is 65.5 Å². The Morgan fingerprint density at radius 1 is 1.07 bits per heavy atom. The first kappa shape index (κ1) is 20.0. The van der Waals surface area contributed by atoms with E-state index < -0.39 is 41.1 Å². The van der Waals surface area contributed by atoms with Crippen LogP contribution in [0.15, 0.2) is 42.5 Å². The molecule has 0 aliphatic carbocycles. The summed E-state index contributed by atoms with van der Waals surface area (Å²) in [7, 11) is 1.32. The minimum absolute atomic E-state index is 0.0559. The highest BCUT2D eigenvalue weighted by molar-refractivity contribution is 5.96. The molecule has 27 heavy (non-hydrogen) atoms. The molecule has 0 aliphatic heterocycles. The molecule has 2 aromatic rings. The molecule has 0 saturated heterocycles. The lowest BCUT2D eigenvalue weighted by atomic mass is 10.2. The normalized spacial score (nSPS) is 11.9. The van der Waals surface area contributed by atoms with Crippen molar-refractivity contribution in [2.24, 2.45) is 0 Å². The Morgan fingerprint density at radius 3 is 2.33 bits per heavy atom. The molecule has 0 radical (unpaired) electrons. The predicted octanol–water partition coefficient (Wildman–Crippen LogP) is 3.70. The highest BCUT2D eigenvalue weighted by atomic mass is 19.1. The van der Waals surface area contributed by atoms with Crippen molar-refractivity contribution in [1.82, 2.24) is 0 Å². The minimum Gasteiger partial charge on any atom is -0.494 e. The SMILES string of the molecule is COc1ccc(/C=C/C(=O)O[C@@H](C)C(=O)Nc2c(F)cccc2F)cc1F. The molecule has 1 amide bonds. The standard InChI is InChI=1S/C19H16F3NO4/c1-11(19(25)23-18-13(20)4-3-5-14(18)21)27-17(24)9-7-12-6-8-16(26-2)15(22)10-12/h3-11H,1-2H3,(H,23,25)/b9-7+/t11-/m0/s1. The van der Waals surface area contributed by atoms with E-state index in [4.69, 9.17) is 9.47 Å². The van der Waals surface area contributed by atoms with Gasteiger partial charge in [-0.15, -0.1) is 0 Å². The van der Waals surface area contributed by atoms with Crippen molar-refractivity contribution in [2.45, 2.75) is 13.0 Å². The highest BCUT2D eigenvalue weighted by Gasteiger charge is 2.20. The van der Waals surface area contributed by atoms with Gasteiger partial charge >= 0.3 is 5.97 Å². The Hall–Kier alpha value is -3.29. The van der Waals surface area contributed by atoms with Crippen LogP contribution < -0.4 is 10.1 Å². The number of anilines is 1. The first-order valence-corrected chi connectivity index (χ1v) is 7.79. The third-order valence-corrected chi connectivity index (χ3v) is 3.46. The number of rotatable bonds is 6. The number of benzene rings is 2. The number of esters is 1. The van der Waals surface area contributed by atoms with Gasteiger partial charge in [0.05, 0.1) is 7.11 Å². The molecule has 2 aromatic carbocycles. The molecule has 0 spiro atoms. The average Bonchev–Trinajstić information content (AvgIpc) is 2.63. The van der Waals surface area contributed by atoms with Gasteiger partial charge in [-0.25, -0.2) is 18.0 Å².